The van der Waals surface area contributed by atoms with E-state index >= 15 is 0 Å². The van der Waals surface area contributed by atoms with Gasteiger partial charge < -0.3 is 9.88 Å². The number of hydrogen-bond acceptors (Lipinski definition) is 4. The first kappa shape index (κ1) is 18.1. The van der Waals surface area contributed by atoms with Gasteiger partial charge in [0.1, 0.15) is 5.82 Å². The molecule has 1 unspecified atom stereocenters. The summed E-state index contributed by atoms with van der Waals surface area (Å²) < 4.78 is 30.5. The minimum absolute atomic E-state index is 0.254. The average molecular weight is 362 g/mol. The predicted molar refractivity (Wildman–Crippen MR) is 97.9 cm³/mol. The Labute approximate surface area is 149 Å². The van der Waals surface area contributed by atoms with Gasteiger partial charge in [-0.25, -0.2) is 13.4 Å². The summed E-state index contributed by atoms with van der Waals surface area (Å²) in [7, 11) is -1.73. The van der Waals surface area contributed by atoms with Crippen LogP contribution in [0.1, 0.15) is 38.2 Å². The molecule has 0 amide bonds. The highest BCUT2D eigenvalue weighted by atomic mass is 32.2. The van der Waals surface area contributed by atoms with Crippen LogP contribution in [-0.4, -0.2) is 41.9 Å². The van der Waals surface area contributed by atoms with Crippen molar-refractivity contribution in [2.75, 3.05) is 19.6 Å². The van der Waals surface area contributed by atoms with Gasteiger partial charge in [0.05, 0.1) is 10.9 Å². The molecule has 1 aromatic carbocycles. The molecule has 0 spiro atoms. The lowest BCUT2D eigenvalue weighted by Crippen LogP contribution is -2.49. The highest BCUT2D eigenvalue weighted by molar-refractivity contribution is 7.89. The third-order valence-electron chi connectivity index (χ3n) is 4.63. The maximum absolute atomic E-state index is 13.5. The molecule has 1 aliphatic rings. The van der Waals surface area contributed by atoms with E-state index in [0.717, 1.165) is 11.4 Å². The van der Waals surface area contributed by atoms with E-state index < -0.39 is 10.0 Å². The van der Waals surface area contributed by atoms with Crippen molar-refractivity contribution in [1.29, 1.82) is 0 Å². The van der Waals surface area contributed by atoms with Crippen molar-refractivity contribution in [2.24, 2.45) is 7.05 Å². The molecule has 7 heteroatoms. The second-order valence-electron chi connectivity index (χ2n) is 7.48. The first-order valence-corrected chi connectivity index (χ1v) is 9.96. The maximum Gasteiger partial charge on any atom is 0.244 e. The van der Waals surface area contributed by atoms with Gasteiger partial charge in [0, 0.05) is 39.1 Å². The number of aryl methyl sites for hydroxylation is 1. The van der Waals surface area contributed by atoms with Crippen molar-refractivity contribution >= 4 is 10.0 Å². The van der Waals surface area contributed by atoms with Crippen LogP contribution in [0.5, 0.6) is 0 Å². The Morgan fingerprint density at radius 2 is 1.96 bits per heavy atom. The monoisotopic (exact) mass is 362 g/mol. The lowest BCUT2D eigenvalue weighted by Gasteiger charge is -2.36. The lowest BCUT2D eigenvalue weighted by atomic mass is 9.87. The quantitative estimate of drug-likeness (QED) is 0.907. The molecule has 1 N–H and O–H groups in total. The van der Waals surface area contributed by atoms with Crippen molar-refractivity contribution < 1.29 is 8.42 Å². The number of sulfonamides is 1. The minimum atomic E-state index is -3.63. The molecule has 0 radical (unpaired) electrons. The zero-order chi connectivity index (χ0) is 18.2. The summed E-state index contributed by atoms with van der Waals surface area (Å²) in [6, 6.07) is 7.00. The third-order valence-corrected chi connectivity index (χ3v) is 6.60. The van der Waals surface area contributed by atoms with Gasteiger partial charge in [0.15, 0.2) is 0 Å². The molecule has 1 atom stereocenters. The summed E-state index contributed by atoms with van der Waals surface area (Å²) in [5, 5.41) is 3.29. The van der Waals surface area contributed by atoms with E-state index in [-0.39, 0.29) is 11.5 Å². The molecule has 2 heterocycles. The van der Waals surface area contributed by atoms with Gasteiger partial charge in [-0.3, -0.25) is 0 Å². The zero-order valence-electron chi connectivity index (χ0n) is 15.2. The number of hydrogen-bond donors (Lipinski definition) is 1. The Hall–Kier alpha value is -1.70. The summed E-state index contributed by atoms with van der Waals surface area (Å²) in [5.41, 5.74) is 0.586. The Kier molecular flexibility index (Phi) is 4.74. The van der Waals surface area contributed by atoms with Crippen LogP contribution < -0.4 is 5.32 Å². The van der Waals surface area contributed by atoms with E-state index in [0.29, 0.717) is 24.5 Å². The van der Waals surface area contributed by atoms with Crippen molar-refractivity contribution in [3.63, 3.8) is 0 Å². The van der Waals surface area contributed by atoms with E-state index in [1.54, 1.807) is 22.6 Å². The highest BCUT2D eigenvalue weighted by Gasteiger charge is 2.38. The van der Waals surface area contributed by atoms with Gasteiger partial charge in [-0.05, 0) is 17.0 Å². The summed E-state index contributed by atoms with van der Waals surface area (Å²) in [4.78, 5) is 4.78. The van der Waals surface area contributed by atoms with Gasteiger partial charge in [0.2, 0.25) is 10.0 Å². The van der Waals surface area contributed by atoms with Crippen LogP contribution in [0, 0.1) is 0 Å². The Morgan fingerprint density at radius 1 is 1.24 bits per heavy atom. The molecule has 25 heavy (non-hydrogen) atoms. The fraction of sp³-hybridized carbons (Fsp3) is 0.500. The standard InChI is InChI=1S/C18H26N4O2S/c1-18(2,3)14-7-5-6-8-16(14)25(23,24)22-12-9-19-13-15(22)17-20-10-11-21(17)4/h5-8,10-11,15,19H,9,12-13H2,1-4H3. The molecule has 1 aliphatic heterocycles. The molecule has 0 saturated carbocycles. The number of aromatic nitrogens is 2. The van der Waals surface area contributed by atoms with Gasteiger partial charge in [-0.1, -0.05) is 39.0 Å². The molecule has 6 nitrogen and oxygen atoms in total. The predicted octanol–water partition coefficient (Wildman–Crippen LogP) is 2.05. The smallest absolute Gasteiger partial charge is 0.244 e. The van der Waals surface area contributed by atoms with Crippen molar-refractivity contribution in [3.05, 3.63) is 48.0 Å². The Bertz CT molecular complexity index is 852. The first-order chi connectivity index (χ1) is 11.7. The molecule has 1 fully saturated rings. The second kappa shape index (κ2) is 6.55. The first-order valence-electron chi connectivity index (χ1n) is 8.52. The summed E-state index contributed by atoms with van der Waals surface area (Å²) in [5.74, 6) is 0.754. The fourth-order valence-corrected chi connectivity index (χ4v) is 5.32. The van der Waals surface area contributed by atoms with Crippen LogP contribution in [0.4, 0.5) is 0 Å². The van der Waals surface area contributed by atoms with E-state index in [9.17, 15) is 8.42 Å². The molecule has 3 rings (SSSR count). The number of imidazole rings is 1. The topological polar surface area (TPSA) is 67.2 Å². The molecule has 2 aromatic rings. The van der Waals surface area contributed by atoms with Gasteiger partial charge in [-0.15, -0.1) is 0 Å². The fourth-order valence-electron chi connectivity index (χ4n) is 3.33. The van der Waals surface area contributed by atoms with Gasteiger partial charge in [-0.2, -0.15) is 4.31 Å². The molecule has 0 aliphatic carbocycles. The van der Waals surface area contributed by atoms with E-state index in [2.05, 4.69) is 10.3 Å². The number of piperazine rings is 1. The van der Waals surface area contributed by atoms with Crippen LogP contribution in [0.25, 0.3) is 0 Å². The van der Waals surface area contributed by atoms with Crippen molar-refractivity contribution in [2.45, 2.75) is 37.1 Å². The summed E-state index contributed by atoms with van der Waals surface area (Å²) >= 11 is 0. The molecule has 1 aromatic heterocycles. The average Bonchev–Trinajstić information content (AvgIpc) is 3.00. The largest absolute Gasteiger partial charge is 0.337 e. The van der Waals surface area contributed by atoms with E-state index in [1.807, 2.05) is 50.7 Å². The number of rotatable bonds is 3. The van der Waals surface area contributed by atoms with Crippen LogP contribution >= 0.6 is 0 Å². The zero-order valence-corrected chi connectivity index (χ0v) is 16.0. The normalized spacial score (nSPS) is 19.9. The third kappa shape index (κ3) is 3.36. The van der Waals surface area contributed by atoms with Crippen LogP contribution in [0.3, 0.4) is 0 Å². The summed E-state index contributed by atoms with van der Waals surface area (Å²) in [6.45, 7) is 7.73. The van der Waals surface area contributed by atoms with Crippen LogP contribution in [0.2, 0.25) is 0 Å². The molecular weight excluding hydrogens is 336 g/mol. The van der Waals surface area contributed by atoms with Crippen LogP contribution in [-0.2, 0) is 22.5 Å². The highest BCUT2D eigenvalue weighted by Crippen LogP contribution is 2.34. The van der Waals surface area contributed by atoms with Crippen molar-refractivity contribution in [1.82, 2.24) is 19.2 Å². The molecule has 136 valence electrons. The lowest BCUT2D eigenvalue weighted by molar-refractivity contribution is 0.258. The Morgan fingerprint density at radius 3 is 2.60 bits per heavy atom. The van der Waals surface area contributed by atoms with Crippen molar-refractivity contribution in [3.8, 4) is 0 Å². The number of benzene rings is 1. The number of nitrogens with one attached hydrogen (secondary N) is 1. The second-order valence-corrected chi connectivity index (χ2v) is 9.34. The van der Waals surface area contributed by atoms with Gasteiger partial charge in [0.25, 0.3) is 0 Å². The van der Waals surface area contributed by atoms with Gasteiger partial charge >= 0.3 is 0 Å². The molecule has 0 bridgehead atoms. The van der Waals surface area contributed by atoms with E-state index in [4.69, 9.17) is 0 Å². The van der Waals surface area contributed by atoms with E-state index in [1.165, 1.54) is 0 Å². The molecule has 1 saturated heterocycles. The Balaban J connectivity index is 2.09. The molecular formula is C18H26N4O2S. The minimum Gasteiger partial charge on any atom is -0.337 e. The maximum atomic E-state index is 13.5. The number of nitrogens with zero attached hydrogens (tertiary/aromatic N) is 3. The summed E-state index contributed by atoms with van der Waals surface area (Å²) in [6.07, 6.45) is 3.55. The SMILES string of the molecule is Cn1ccnc1C1CNCCN1S(=O)(=O)c1ccccc1C(C)(C)C. The van der Waals surface area contributed by atoms with Crippen LogP contribution in [0.15, 0.2) is 41.6 Å².